The zero-order valence-electron chi connectivity index (χ0n) is 8.02. The fourth-order valence-corrected chi connectivity index (χ4v) is 1.15. The van der Waals surface area contributed by atoms with E-state index < -0.39 is 0 Å². The Hall–Kier alpha value is -1.04. The van der Waals surface area contributed by atoms with Gasteiger partial charge in [0.15, 0.2) is 0 Å². The van der Waals surface area contributed by atoms with Crippen molar-refractivity contribution in [2.24, 2.45) is 0 Å². The summed E-state index contributed by atoms with van der Waals surface area (Å²) in [5.41, 5.74) is 0. The maximum absolute atomic E-state index is 2.25. The van der Waals surface area contributed by atoms with E-state index in [0.717, 1.165) is 25.7 Å². The molecule has 0 amide bonds. The molecule has 0 N–H and O–H groups in total. The van der Waals surface area contributed by atoms with Gasteiger partial charge in [0.2, 0.25) is 0 Å². The van der Waals surface area contributed by atoms with E-state index in [-0.39, 0.29) is 0 Å². The molecule has 0 unspecified atom stereocenters. The Kier molecular flexibility index (Phi) is 5.87. The van der Waals surface area contributed by atoms with Gasteiger partial charge in [-0.2, -0.15) is 0 Å². The predicted molar refractivity (Wildman–Crippen MR) is 59.3 cm³/mol. The van der Waals surface area contributed by atoms with Crippen molar-refractivity contribution in [3.05, 3.63) is 55.0 Å². The highest BCUT2D eigenvalue weighted by Crippen LogP contribution is 1.99. The van der Waals surface area contributed by atoms with Crippen LogP contribution in [0.25, 0.3) is 0 Å². The van der Waals surface area contributed by atoms with E-state index in [1.165, 1.54) is 0 Å². The minimum atomic E-state index is 1.03. The second-order valence-electron chi connectivity index (χ2n) is 3.04. The maximum Gasteiger partial charge on any atom is -0.0133 e. The van der Waals surface area contributed by atoms with Crippen LogP contribution in [0.4, 0.5) is 0 Å². The summed E-state index contributed by atoms with van der Waals surface area (Å²) in [6.07, 6.45) is 24.0. The third kappa shape index (κ3) is 6.15. The molecule has 0 aromatic heterocycles. The third-order valence-electron chi connectivity index (χ3n) is 1.87. The molecule has 0 heterocycles. The van der Waals surface area contributed by atoms with Crippen molar-refractivity contribution in [2.75, 3.05) is 0 Å². The van der Waals surface area contributed by atoms with Crippen LogP contribution in [-0.4, -0.2) is 0 Å². The number of rotatable bonds is 0. The fourth-order valence-electron chi connectivity index (χ4n) is 1.15. The lowest BCUT2D eigenvalue weighted by atomic mass is 10.2. The van der Waals surface area contributed by atoms with E-state index in [0.29, 0.717) is 0 Å². The molecule has 0 heteroatoms. The summed E-state index contributed by atoms with van der Waals surface area (Å²) in [6, 6.07) is 0. The van der Waals surface area contributed by atoms with Gasteiger partial charge in [0, 0.05) is 0 Å². The summed E-state index contributed by atoms with van der Waals surface area (Å²) in [6.45, 7) is 0. The van der Waals surface area contributed by atoms with Gasteiger partial charge in [-0.05, 0) is 32.1 Å². The summed E-state index contributed by atoms with van der Waals surface area (Å²) < 4.78 is 0. The summed E-state index contributed by atoms with van der Waals surface area (Å²) in [7, 11) is 0. The maximum atomic E-state index is 2.25. The van der Waals surface area contributed by atoms with Crippen LogP contribution in [0.2, 0.25) is 0 Å². The molecule has 0 aromatic carbocycles. The lowest BCUT2D eigenvalue weighted by Gasteiger charge is -1.86. The summed E-state index contributed by atoms with van der Waals surface area (Å²) in [5, 5.41) is 0. The van der Waals surface area contributed by atoms with E-state index in [1.54, 1.807) is 0 Å². The first-order valence-electron chi connectivity index (χ1n) is 4.95. The molecular weight excluding hydrogens is 156 g/mol. The Labute approximate surface area is 81.4 Å². The first-order valence-corrected chi connectivity index (χ1v) is 4.95. The van der Waals surface area contributed by atoms with Gasteiger partial charge < -0.3 is 0 Å². The summed E-state index contributed by atoms with van der Waals surface area (Å²) in [4.78, 5) is 0. The molecule has 0 fully saturated rings. The van der Waals surface area contributed by atoms with Gasteiger partial charge >= 0.3 is 0 Å². The van der Waals surface area contributed by atoms with E-state index >= 15 is 0 Å². The highest BCUT2D eigenvalue weighted by atomic mass is 13.9. The van der Waals surface area contributed by atoms with Gasteiger partial charge in [-0.3, -0.25) is 0 Å². The fraction of sp³-hybridized carbons (Fsp3) is 0.308. The third-order valence-corrected chi connectivity index (χ3v) is 1.87. The van der Waals surface area contributed by atoms with E-state index in [1.807, 2.05) is 0 Å². The average molecular weight is 173 g/mol. The number of allylic oxidation sites excluding steroid dienone is 8. The quantitative estimate of drug-likeness (QED) is 0.486. The van der Waals surface area contributed by atoms with Crippen molar-refractivity contribution < 1.29 is 0 Å². The van der Waals surface area contributed by atoms with E-state index in [2.05, 4.69) is 55.0 Å². The molecule has 0 bridgehead atoms. The molecule has 1 aliphatic rings. The first-order chi connectivity index (χ1) is 6.50. The van der Waals surface area contributed by atoms with Crippen molar-refractivity contribution in [3.63, 3.8) is 0 Å². The Balaban J connectivity index is 2.38. The van der Waals surface area contributed by atoms with Crippen LogP contribution in [0.1, 0.15) is 25.7 Å². The van der Waals surface area contributed by atoms with Gasteiger partial charge in [0.25, 0.3) is 0 Å². The van der Waals surface area contributed by atoms with Gasteiger partial charge in [0.05, 0.1) is 0 Å². The minimum absolute atomic E-state index is 1.03. The highest BCUT2D eigenvalue weighted by molar-refractivity contribution is 5.08. The van der Waals surface area contributed by atoms with Crippen LogP contribution >= 0.6 is 0 Å². The molecule has 0 nitrogen and oxygen atoms in total. The average Bonchev–Trinajstić information content (AvgIpc) is 2.18. The lowest BCUT2D eigenvalue weighted by molar-refractivity contribution is 1.04. The van der Waals surface area contributed by atoms with Crippen molar-refractivity contribution in [1.29, 1.82) is 0 Å². The molecule has 69 valence electrons. The largest absolute Gasteiger partial charge is 0.0882 e. The highest BCUT2D eigenvalue weighted by Gasteiger charge is 1.80. The molecule has 1 aliphatic carbocycles. The zero-order valence-corrected chi connectivity index (χ0v) is 8.02. The van der Waals surface area contributed by atoms with Gasteiger partial charge in [-0.15, -0.1) is 0 Å². The standard InChI is InChI=1S/C13H17/c1-2-4-6-8-10-12-13-11-9-7-5-3-1/h1-4,7,9-12H,5-6,8,13H2/b3-1+,4-2+,9-7+,12-10+. The summed E-state index contributed by atoms with van der Waals surface area (Å²) in [5.74, 6) is 0. The van der Waals surface area contributed by atoms with Crippen LogP contribution in [0.15, 0.2) is 48.6 Å². The van der Waals surface area contributed by atoms with Crippen LogP contribution < -0.4 is 0 Å². The molecule has 0 saturated carbocycles. The second kappa shape index (κ2) is 7.60. The molecule has 0 aliphatic heterocycles. The molecule has 0 saturated heterocycles. The zero-order chi connectivity index (χ0) is 9.19. The van der Waals surface area contributed by atoms with E-state index in [4.69, 9.17) is 0 Å². The van der Waals surface area contributed by atoms with Crippen LogP contribution in [0.3, 0.4) is 0 Å². The first kappa shape index (κ1) is 10.0. The molecule has 13 heavy (non-hydrogen) atoms. The SMILES string of the molecule is [CH]1/C=C/C/C=C/C=C/CC/C=C/C1. The number of hydrogen-bond donors (Lipinski definition) is 0. The lowest BCUT2D eigenvalue weighted by Crippen LogP contribution is -1.67. The smallest absolute Gasteiger partial charge is 0.0133 e. The Morgan fingerprint density at radius 1 is 0.538 bits per heavy atom. The van der Waals surface area contributed by atoms with Gasteiger partial charge in [-0.1, -0.05) is 48.6 Å². The van der Waals surface area contributed by atoms with Crippen molar-refractivity contribution in [2.45, 2.75) is 25.7 Å². The molecule has 1 rings (SSSR count). The monoisotopic (exact) mass is 173 g/mol. The molecule has 0 spiro atoms. The van der Waals surface area contributed by atoms with Crippen LogP contribution in [0, 0.1) is 6.42 Å². The molecule has 1 radical (unpaired) electrons. The van der Waals surface area contributed by atoms with Crippen LogP contribution in [-0.2, 0) is 0 Å². The van der Waals surface area contributed by atoms with Crippen molar-refractivity contribution in [3.8, 4) is 0 Å². The number of hydrogen-bond acceptors (Lipinski definition) is 0. The minimum Gasteiger partial charge on any atom is -0.0882 e. The van der Waals surface area contributed by atoms with Crippen LogP contribution in [0.5, 0.6) is 0 Å². The molecule has 0 atom stereocenters. The second-order valence-corrected chi connectivity index (χ2v) is 3.04. The Bertz CT molecular complexity index is 216. The Morgan fingerprint density at radius 2 is 1.31 bits per heavy atom. The van der Waals surface area contributed by atoms with Gasteiger partial charge in [0.1, 0.15) is 0 Å². The molecule has 0 aromatic rings. The molecular formula is C13H17. The van der Waals surface area contributed by atoms with Gasteiger partial charge in [-0.25, -0.2) is 0 Å². The summed E-state index contributed by atoms with van der Waals surface area (Å²) >= 11 is 0. The predicted octanol–water partition coefficient (Wildman–Crippen LogP) is 3.99. The Morgan fingerprint density at radius 3 is 2.31 bits per heavy atom. The van der Waals surface area contributed by atoms with Crippen molar-refractivity contribution in [1.82, 2.24) is 0 Å². The van der Waals surface area contributed by atoms with Crippen molar-refractivity contribution >= 4 is 0 Å². The topological polar surface area (TPSA) is 0 Å². The normalized spacial score (nSPS) is 28.9. The van der Waals surface area contributed by atoms with E-state index in [9.17, 15) is 0 Å².